The molecule has 0 unspecified atom stereocenters. The monoisotopic (exact) mass is 515 g/mol. The number of nitrogen functional groups attached to an aromatic ring is 1. The van der Waals surface area contributed by atoms with Gasteiger partial charge in [0.1, 0.15) is 5.75 Å². The third-order valence-corrected chi connectivity index (χ3v) is 7.30. The van der Waals surface area contributed by atoms with Crippen molar-refractivity contribution in [3.05, 3.63) is 72.1 Å². The molecule has 2 aromatic heterocycles. The normalized spacial score (nSPS) is 13.6. The van der Waals surface area contributed by atoms with Crippen LogP contribution in [0.2, 0.25) is 0 Å². The predicted octanol–water partition coefficient (Wildman–Crippen LogP) is 4.52. The maximum Gasteiger partial charge on any atom is 0.196 e. The summed E-state index contributed by atoms with van der Waals surface area (Å²) in [5, 5.41) is 28.8. The summed E-state index contributed by atoms with van der Waals surface area (Å²) in [5.41, 5.74) is 11.0. The summed E-state index contributed by atoms with van der Waals surface area (Å²) in [6.45, 7) is 5.06. The van der Waals surface area contributed by atoms with Crippen LogP contribution in [-0.2, 0) is 10.5 Å². The standard InChI is InChI=1S/C27H29N7O2S/c1-2-23(28)21-14-22(25(35)15-24(21)29)26-31-32-27(37-17-18-4-3-9-30-16-18)34(26)20-7-5-19(6-8-20)33-10-12-36-13-11-33/h3-9,14-16,28,35H,2,10-13,17,29H2,1H3. The number of thioether (sulfide) groups is 1. The molecule has 190 valence electrons. The Balaban J connectivity index is 1.57. The number of ether oxygens (including phenoxy) is 1. The SMILES string of the molecule is CCC(=N)c1cc(-c2nnc(SCc3cccnc3)n2-c2ccc(N3CCOCC3)cc2)c(O)cc1N. The number of aromatic hydroxyl groups is 1. The second-order valence-electron chi connectivity index (χ2n) is 8.70. The minimum atomic E-state index is -0.00690. The summed E-state index contributed by atoms with van der Waals surface area (Å²) in [6.07, 6.45) is 4.11. The number of nitrogens with one attached hydrogen (secondary N) is 1. The average molecular weight is 516 g/mol. The van der Waals surface area contributed by atoms with Gasteiger partial charge in [0.15, 0.2) is 11.0 Å². The van der Waals surface area contributed by atoms with Crippen LogP contribution in [0.3, 0.4) is 0 Å². The average Bonchev–Trinajstić information content (AvgIpc) is 3.36. The second-order valence-corrected chi connectivity index (χ2v) is 9.64. The van der Waals surface area contributed by atoms with Crippen molar-refractivity contribution in [1.29, 1.82) is 5.41 Å². The molecule has 4 aromatic rings. The van der Waals surface area contributed by atoms with E-state index in [0.717, 1.165) is 43.2 Å². The van der Waals surface area contributed by atoms with Gasteiger partial charge in [-0.3, -0.25) is 9.55 Å². The molecule has 4 N–H and O–H groups in total. The molecule has 2 aromatic carbocycles. The van der Waals surface area contributed by atoms with E-state index in [1.807, 2.05) is 42.0 Å². The van der Waals surface area contributed by atoms with Gasteiger partial charge in [-0.2, -0.15) is 0 Å². The molecule has 0 radical (unpaired) electrons. The molecule has 1 aliphatic heterocycles. The number of phenols is 1. The quantitative estimate of drug-likeness (QED) is 0.178. The Kier molecular flexibility index (Phi) is 7.38. The Labute approximate surface area is 219 Å². The van der Waals surface area contributed by atoms with Gasteiger partial charge in [0.2, 0.25) is 0 Å². The molecule has 0 atom stereocenters. The fourth-order valence-corrected chi connectivity index (χ4v) is 5.16. The molecule has 0 bridgehead atoms. The van der Waals surface area contributed by atoms with Crippen LogP contribution in [0.25, 0.3) is 17.1 Å². The fraction of sp³-hybridized carbons (Fsp3) is 0.259. The van der Waals surface area contributed by atoms with Crippen molar-refractivity contribution >= 4 is 28.8 Å². The Hall–Kier alpha value is -3.89. The zero-order valence-corrected chi connectivity index (χ0v) is 21.4. The van der Waals surface area contributed by atoms with Gasteiger partial charge in [-0.25, -0.2) is 0 Å². The lowest BCUT2D eigenvalue weighted by Gasteiger charge is -2.29. The number of hydrogen-bond acceptors (Lipinski definition) is 9. The number of anilines is 2. The largest absolute Gasteiger partial charge is 0.507 e. The highest BCUT2D eigenvalue weighted by Gasteiger charge is 2.21. The highest BCUT2D eigenvalue weighted by atomic mass is 32.2. The van der Waals surface area contributed by atoms with E-state index in [1.165, 1.54) is 6.07 Å². The van der Waals surface area contributed by atoms with Crippen LogP contribution >= 0.6 is 11.8 Å². The summed E-state index contributed by atoms with van der Waals surface area (Å²) < 4.78 is 7.42. The molecular formula is C27H29N7O2S. The minimum absolute atomic E-state index is 0.00690. The van der Waals surface area contributed by atoms with E-state index in [-0.39, 0.29) is 5.75 Å². The first-order chi connectivity index (χ1) is 18.0. The minimum Gasteiger partial charge on any atom is -0.507 e. The third-order valence-electron chi connectivity index (χ3n) is 6.30. The summed E-state index contributed by atoms with van der Waals surface area (Å²) in [5.74, 6) is 1.14. The van der Waals surface area contributed by atoms with Crippen molar-refractivity contribution in [2.45, 2.75) is 24.3 Å². The Morgan fingerprint density at radius 3 is 2.57 bits per heavy atom. The van der Waals surface area contributed by atoms with E-state index < -0.39 is 0 Å². The predicted molar refractivity (Wildman–Crippen MR) is 147 cm³/mol. The van der Waals surface area contributed by atoms with E-state index >= 15 is 0 Å². The van der Waals surface area contributed by atoms with Gasteiger partial charge in [-0.05, 0) is 48.4 Å². The highest BCUT2D eigenvalue weighted by Crippen LogP contribution is 2.37. The van der Waals surface area contributed by atoms with Crippen molar-refractivity contribution in [3.8, 4) is 22.8 Å². The molecule has 0 amide bonds. The summed E-state index contributed by atoms with van der Waals surface area (Å²) in [4.78, 5) is 6.50. The Bertz CT molecular complexity index is 1380. The number of rotatable bonds is 8. The van der Waals surface area contributed by atoms with Crippen molar-refractivity contribution in [2.24, 2.45) is 0 Å². The molecule has 9 nitrogen and oxygen atoms in total. The molecule has 1 saturated heterocycles. The Morgan fingerprint density at radius 2 is 1.86 bits per heavy atom. The van der Waals surface area contributed by atoms with Crippen molar-refractivity contribution in [2.75, 3.05) is 36.9 Å². The van der Waals surface area contributed by atoms with Crippen LogP contribution in [0.4, 0.5) is 11.4 Å². The Morgan fingerprint density at radius 1 is 1.11 bits per heavy atom. The maximum atomic E-state index is 10.9. The summed E-state index contributed by atoms with van der Waals surface area (Å²) in [6, 6.07) is 15.4. The van der Waals surface area contributed by atoms with Gasteiger partial charge in [0.25, 0.3) is 0 Å². The molecule has 0 spiro atoms. The van der Waals surface area contributed by atoms with E-state index in [1.54, 1.807) is 24.0 Å². The van der Waals surface area contributed by atoms with Crippen LogP contribution in [-0.4, -0.2) is 56.9 Å². The molecule has 1 aliphatic rings. The lowest BCUT2D eigenvalue weighted by atomic mass is 10.0. The van der Waals surface area contributed by atoms with Crippen molar-refractivity contribution < 1.29 is 9.84 Å². The first kappa shape index (κ1) is 24.8. The molecule has 37 heavy (non-hydrogen) atoms. The lowest BCUT2D eigenvalue weighted by molar-refractivity contribution is 0.122. The smallest absolute Gasteiger partial charge is 0.196 e. The van der Waals surface area contributed by atoms with Gasteiger partial charge >= 0.3 is 0 Å². The number of aromatic nitrogens is 4. The fourth-order valence-electron chi connectivity index (χ4n) is 4.27. The molecule has 10 heteroatoms. The van der Waals surface area contributed by atoms with Crippen LogP contribution in [0.1, 0.15) is 24.5 Å². The van der Waals surface area contributed by atoms with Gasteiger partial charge in [-0.1, -0.05) is 24.8 Å². The van der Waals surface area contributed by atoms with E-state index in [2.05, 4.69) is 32.2 Å². The van der Waals surface area contributed by atoms with Crippen LogP contribution in [0, 0.1) is 5.41 Å². The zero-order valence-electron chi connectivity index (χ0n) is 20.6. The molecule has 0 aliphatic carbocycles. The van der Waals surface area contributed by atoms with Crippen LogP contribution < -0.4 is 10.6 Å². The topological polar surface area (TPSA) is 126 Å². The maximum absolute atomic E-state index is 10.9. The van der Waals surface area contributed by atoms with E-state index in [4.69, 9.17) is 15.9 Å². The van der Waals surface area contributed by atoms with Gasteiger partial charge in [0, 0.05) is 65.6 Å². The zero-order chi connectivity index (χ0) is 25.8. The molecule has 3 heterocycles. The number of nitrogens with two attached hydrogens (primary N) is 1. The number of benzene rings is 2. The number of phenolic OH excluding ortho intramolecular Hbond substituents is 1. The number of morpholine rings is 1. The van der Waals surface area contributed by atoms with E-state index in [9.17, 15) is 5.11 Å². The van der Waals surface area contributed by atoms with Gasteiger partial charge in [-0.15, -0.1) is 10.2 Å². The van der Waals surface area contributed by atoms with E-state index in [0.29, 0.717) is 45.7 Å². The molecular weight excluding hydrogens is 486 g/mol. The van der Waals surface area contributed by atoms with Gasteiger partial charge in [0.05, 0.1) is 18.8 Å². The van der Waals surface area contributed by atoms with Crippen molar-refractivity contribution in [3.63, 3.8) is 0 Å². The summed E-state index contributed by atoms with van der Waals surface area (Å²) in [7, 11) is 0. The van der Waals surface area contributed by atoms with Crippen LogP contribution in [0.15, 0.2) is 66.1 Å². The third kappa shape index (κ3) is 5.30. The van der Waals surface area contributed by atoms with Gasteiger partial charge < -0.3 is 25.9 Å². The molecule has 1 fully saturated rings. The summed E-state index contributed by atoms with van der Waals surface area (Å²) >= 11 is 1.54. The van der Waals surface area contributed by atoms with Crippen molar-refractivity contribution in [1.82, 2.24) is 19.7 Å². The second kappa shape index (κ2) is 11.0. The van der Waals surface area contributed by atoms with Crippen LogP contribution in [0.5, 0.6) is 5.75 Å². The first-order valence-corrected chi connectivity index (χ1v) is 13.1. The molecule has 0 saturated carbocycles. The lowest BCUT2D eigenvalue weighted by Crippen LogP contribution is -2.36. The highest BCUT2D eigenvalue weighted by molar-refractivity contribution is 7.98. The number of hydrogen-bond donors (Lipinski definition) is 3. The molecule has 5 rings (SSSR count). The first-order valence-electron chi connectivity index (χ1n) is 12.2. The number of pyridine rings is 1. The number of nitrogens with zero attached hydrogens (tertiary/aromatic N) is 5.